The minimum absolute atomic E-state index is 0.0951. The lowest BCUT2D eigenvalue weighted by molar-refractivity contribution is -0.123. The summed E-state index contributed by atoms with van der Waals surface area (Å²) in [6.45, 7) is 8.82. The van der Waals surface area contributed by atoms with E-state index in [1.807, 2.05) is 42.5 Å². The summed E-state index contributed by atoms with van der Waals surface area (Å²) in [4.78, 5) is 14.6. The molecule has 1 unspecified atom stereocenters. The fourth-order valence-corrected chi connectivity index (χ4v) is 4.60. The topological polar surface area (TPSA) is 53.9 Å². The van der Waals surface area contributed by atoms with Crippen molar-refractivity contribution in [1.29, 1.82) is 0 Å². The molecule has 1 heterocycles. The van der Waals surface area contributed by atoms with Crippen molar-refractivity contribution in [3.63, 3.8) is 0 Å². The van der Waals surface area contributed by atoms with Crippen molar-refractivity contribution in [2.45, 2.75) is 45.6 Å². The molecule has 5 nitrogen and oxygen atoms in total. The highest BCUT2D eigenvalue weighted by Crippen LogP contribution is 2.43. The molecule has 0 fully saturated rings. The number of nitrogens with one attached hydrogen (secondary N) is 1. The molecule has 3 aromatic rings. The molecular weight excluding hydrogens is 422 g/mol. The van der Waals surface area contributed by atoms with Crippen molar-refractivity contribution in [2.75, 3.05) is 18.6 Å². The van der Waals surface area contributed by atoms with Crippen molar-refractivity contribution in [3.05, 3.63) is 83.4 Å². The Kier molecular flexibility index (Phi) is 6.73. The number of amides is 1. The normalized spacial score (nSPS) is 16.9. The molecule has 176 valence electrons. The summed E-state index contributed by atoms with van der Waals surface area (Å²) in [5, 5.41) is 4.17. The largest absolute Gasteiger partial charge is 0.484 e. The molecule has 0 radical (unpaired) electrons. The van der Waals surface area contributed by atoms with Gasteiger partial charge in [0.1, 0.15) is 5.75 Å². The number of carbonyl (C=O) groups is 1. The fraction of sp³-hybridized carbons (Fsp3) is 0.310. The molecule has 1 aliphatic rings. The second-order valence-corrected chi connectivity index (χ2v) is 9.72. The molecule has 1 aliphatic heterocycles. The van der Waals surface area contributed by atoms with Gasteiger partial charge in [-0.1, -0.05) is 49.4 Å². The number of anilines is 1. The summed E-state index contributed by atoms with van der Waals surface area (Å²) >= 11 is 0. The lowest BCUT2D eigenvalue weighted by Crippen LogP contribution is -2.45. The van der Waals surface area contributed by atoms with Gasteiger partial charge in [-0.05, 0) is 85.2 Å². The van der Waals surface area contributed by atoms with Crippen LogP contribution in [0, 0.1) is 6.92 Å². The van der Waals surface area contributed by atoms with Gasteiger partial charge in [0, 0.05) is 18.3 Å². The molecule has 34 heavy (non-hydrogen) atoms. The number of hydrogen-bond acceptors (Lipinski definition) is 4. The number of hydrazone groups is 1. The summed E-state index contributed by atoms with van der Waals surface area (Å²) < 4.78 is 5.61. The highest BCUT2D eigenvalue weighted by Gasteiger charge is 2.34. The highest BCUT2D eigenvalue weighted by molar-refractivity contribution is 5.86. The number of rotatable bonds is 6. The Morgan fingerprint density at radius 2 is 1.79 bits per heavy atom. The van der Waals surface area contributed by atoms with Crippen molar-refractivity contribution in [2.24, 2.45) is 5.10 Å². The maximum Gasteiger partial charge on any atom is 0.277 e. The number of ether oxygens (including phenoxy) is 1. The molecule has 0 aliphatic carbocycles. The van der Waals surface area contributed by atoms with E-state index in [9.17, 15) is 4.79 Å². The van der Waals surface area contributed by atoms with Crippen LogP contribution in [0.25, 0.3) is 11.1 Å². The van der Waals surface area contributed by atoms with E-state index in [-0.39, 0.29) is 18.1 Å². The summed E-state index contributed by atoms with van der Waals surface area (Å²) in [6, 6.07) is 22.3. The van der Waals surface area contributed by atoms with E-state index >= 15 is 0 Å². The monoisotopic (exact) mass is 455 g/mol. The van der Waals surface area contributed by atoms with Gasteiger partial charge >= 0.3 is 0 Å². The third-order valence-corrected chi connectivity index (χ3v) is 6.75. The molecule has 0 saturated heterocycles. The van der Waals surface area contributed by atoms with Gasteiger partial charge in [-0.15, -0.1) is 0 Å². The average molecular weight is 456 g/mol. The molecule has 5 heteroatoms. The van der Waals surface area contributed by atoms with E-state index in [1.165, 1.54) is 11.3 Å². The van der Waals surface area contributed by atoms with Gasteiger partial charge < -0.3 is 9.64 Å². The number of benzene rings is 3. The van der Waals surface area contributed by atoms with Crippen molar-refractivity contribution < 1.29 is 9.53 Å². The zero-order chi connectivity index (χ0) is 24.3. The first-order valence-corrected chi connectivity index (χ1v) is 11.7. The summed E-state index contributed by atoms with van der Waals surface area (Å²) in [5.74, 6) is 0.810. The van der Waals surface area contributed by atoms with E-state index in [0.717, 1.165) is 28.7 Å². The molecule has 0 bridgehead atoms. The van der Waals surface area contributed by atoms with Gasteiger partial charge in [0.2, 0.25) is 0 Å². The van der Waals surface area contributed by atoms with E-state index in [2.05, 4.69) is 74.4 Å². The minimum Gasteiger partial charge on any atom is -0.484 e. The first-order chi connectivity index (χ1) is 16.2. The SMILES string of the molecule is Cc1cc2c(cc1/C=N/NC(=O)COc1ccc(-c3ccccc3)cc1)C(C)CC(C)(C)N2C. The zero-order valence-electron chi connectivity index (χ0n) is 20.6. The van der Waals surface area contributed by atoms with Crippen LogP contribution in [0.3, 0.4) is 0 Å². The Morgan fingerprint density at radius 3 is 2.50 bits per heavy atom. The number of carbonyl (C=O) groups excluding carboxylic acids is 1. The molecule has 0 spiro atoms. The quantitative estimate of drug-likeness (QED) is 0.371. The Labute approximate surface area is 202 Å². The standard InChI is InChI=1S/C29H33N3O2/c1-20-15-27-26(21(2)17-29(3,4)32(27)5)16-24(20)18-30-31-28(33)19-34-25-13-11-23(12-14-25)22-9-7-6-8-10-22/h6-16,18,21H,17,19H2,1-5H3,(H,31,33)/b30-18+. The van der Waals surface area contributed by atoms with Crippen LogP contribution in [0.15, 0.2) is 71.8 Å². The first kappa shape index (κ1) is 23.6. The van der Waals surface area contributed by atoms with E-state index in [4.69, 9.17) is 4.74 Å². The van der Waals surface area contributed by atoms with Crippen LogP contribution in [-0.2, 0) is 4.79 Å². The zero-order valence-corrected chi connectivity index (χ0v) is 20.6. The van der Waals surface area contributed by atoms with E-state index in [1.54, 1.807) is 6.21 Å². The van der Waals surface area contributed by atoms with Gasteiger partial charge in [0.25, 0.3) is 5.91 Å². The Morgan fingerprint density at radius 1 is 1.12 bits per heavy atom. The van der Waals surface area contributed by atoms with Gasteiger partial charge in [-0.3, -0.25) is 4.79 Å². The van der Waals surface area contributed by atoms with Crippen LogP contribution >= 0.6 is 0 Å². The van der Waals surface area contributed by atoms with Gasteiger partial charge in [0.05, 0.1) is 6.21 Å². The Balaban J connectivity index is 1.34. The van der Waals surface area contributed by atoms with Gasteiger partial charge in [-0.2, -0.15) is 5.10 Å². The summed E-state index contributed by atoms with van der Waals surface area (Å²) in [6.07, 6.45) is 2.81. The lowest BCUT2D eigenvalue weighted by atomic mass is 9.79. The predicted molar refractivity (Wildman–Crippen MR) is 140 cm³/mol. The molecule has 1 amide bonds. The maximum absolute atomic E-state index is 12.2. The van der Waals surface area contributed by atoms with Crippen LogP contribution in [-0.4, -0.2) is 31.3 Å². The van der Waals surface area contributed by atoms with Crippen LogP contribution in [0.5, 0.6) is 5.75 Å². The lowest BCUT2D eigenvalue weighted by Gasteiger charge is -2.45. The van der Waals surface area contributed by atoms with Crippen molar-refractivity contribution >= 4 is 17.8 Å². The van der Waals surface area contributed by atoms with Gasteiger partial charge in [0.15, 0.2) is 6.61 Å². The van der Waals surface area contributed by atoms with Crippen LogP contribution in [0.4, 0.5) is 5.69 Å². The molecule has 1 N–H and O–H groups in total. The summed E-state index contributed by atoms with van der Waals surface area (Å²) in [5.41, 5.74) is 9.68. The Bertz CT molecular complexity index is 1180. The van der Waals surface area contributed by atoms with Crippen molar-refractivity contribution in [3.8, 4) is 16.9 Å². The number of aryl methyl sites for hydroxylation is 1. The molecule has 0 saturated carbocycles. The molecule has 4 rings (SSSR count). The van der Waals surface area contributed by atoms with E-state index < -0.39 is 0 Å². The average Bonchev–Trinajstić information content (AvgIpc) is 2.83. The van der Waals surface area contributed by atoms with Gasteiger partial charge in [-0.25, -0.2) is 5.43 Å². The fourth-order valence-electron chi connectivity index (χ4n) is 4.60. The van der Waals surface area contributed by atoms with Crippen molar-refractivity contribution in [1.82, 2.24) is 5.43 Å². The molecule has 3 aromatic carbocycles. The Hall–Kier alpha value is -3.60. The molecule has 0 aromatic heterocycles. The minimum atomic E-state index is -0.297. The number of nitrogens with zero attached hydrogens (tertiary/aromatic N) is 2. The second-order valence-electron chi connectivity index (χ2n) is 9.72. The highest BCUT2D eigenvalue weighted by atomic mass is 16.5. The second kappa shape index (κ2) is 9.72. The van der Waals surface area contributed by atoms with Crippen LogP contribution in [0.1, 0.15) is 49.8 Å². The predicted octanol–water partition coefficient (Wildman–Crippen LogP) is 5.91. The first-order valence-electron chi connectivity index (χ1n) is 11.7. The third-order valence-electron chi connectivity index (χ3n) is 6.75. The number of hydrogen-bond donors (Lipinski definition) is 1. The maximum atomic E-state index is 12.2. The molecule has 1 atom stereocenters. The number of fused-ring (bicyclic) bond motifs is 1. The summed E-state index contributed by atoms with van der Waals surface area (Å²) in [7, 11) is 2.16. The van der Waals surface area contributed by atoms with E-state index in [0.29, 0.717) is 11.7 Å². The van der Waals surface area contributed by atoms with Crippen LogP contribution < -0.4 is 15.1 Å². The van der Waals surface area contributed by atoms with Crippen LogP contribution in [0.2, 0.25) is 0 Å². The molecular formula is C29H33N3O2. The smallest absolute Gasteiger partial charge is 0.277 e. The third kappa shape index (κ3) is 5.14.